The molecule has 5 nitrogen and oxygen atoms in total. The highest BCUT2D eigenvalue weighted by atomic mass is 35.5. The van der Waals surface area contributed by atoms with Crippen LogP contribution >= 0.6 is 11.6 Å². The van der Waals surface area contributed by atoms with E-state index in [1.54, 1.807) is 12.1 Å². The molecule has 0 aromatic carbocycles. The van der Waals surface area contributed by atoms with Gasteiger partial charge in [-0.15, -0.1) is 0 Å². The average molecular weight is 281 g/mol. The maximum absolute atomic E-state index is 11.6. The summed E-state index contributed by atoms with van der Waals surface area (Å²) >= 11 is 5.78. The van der Waals surface area contributed by atoms with Crippen molar-refractivity contribution in [3.05, 3.63) is 22.8 Å². The number of amides is 1. The highest BCUT2D eigenvalue weighted by Gasteiger charge is 2.20. The van der Waals surface area contributed by atoms with Crippen molar-refractivity contribution < 1.29 is 4.79 Å². The molecular formula is C13H17ClN4O. The zero-order valence-corrected chi connectivity index (χ0v) is 12.0. The lowest BCUT2D eigenvalue weighted by atomic mass is 9.96. The largest absolute Gasteiger partial charge is 0.368 e. The first-order chi connectivity index (χ1) is 8.84. The summed E-state index contributed by atoms with van der Waals surface area (Å²) in [5.74, 6) is 0.557. The van der Waals surface area contributed by atoms with E-state index >= 15 is 0 Å². The number of anilines is 1. The first kappa shape index (κ1) is 15.3. The minimum absolute atomic E-state index is 0.00363. The normalized spacial score (nSPS) is 10.7. The highest BCUT2D eigenvalue weighted by Crippen LogP contribution is 2.15. The molecule has 1 amide bonds. The lowest BCUT2D eigenvalue weighted by molar-refractivity contribution is -0.128. The molecule has 0 aliphatic rings. The number of nitriles is 1. The number of halogens is 1. The molecule has 0 fully saturated rings. The van der Waals surface area contributed by atoms with Crippen molar-refractivity contribution in [2.45, 2.75) is 20.8 Å². The molecule has 0 aliphatic heterocycles. The highest BCUT2D eigenvalue weighted by molar-refractivity contribution is 6.31. The molecule has 6 heteroatoms. The molecule has 0 saturated heterocycles. The van der Waals surface area contributed by atoms with Gasteiger partial charge in [-0.05, 0) is 12.1 Å². The van der Waals surface area contributed by atoms with Gasteiger partial charge in [0.05, 0.1) is 5.02 Å². The van der Waals surface area contributed by atoms with E-state index in [-0.39, 0.29) is 11.6 Å². The number of hydrogen-bond donors (Lipinski definition) is 2. The topological polar surface area (TPSA) is 77.8 Å². The molecule has 0 unspecified atom stereocenters. The third-order valence-corrected chi connectivity index (χ3v) is 2.65. The van der Waals surface area contributed by atoms with Gasteiger partial charge in [0, 0.05) is 18.5 Å². The van der Waals surface area contributed by atoms with Gasteiger partial charge in [-0.2, -0.15) is 5.26 Å². The lowest BCUT2D eigenvalue weighted by Gasteiger charge is -2.17. The Morgan fingerprint density at radius 3 is 2.68 bits per heavy atom. The Labute approximate surface area is 118 Å². The van der Waals surface area contributed by atoms with E-state index in [4.69, 9.17) is 16.9 Å². The first-order valence-corrected chi connectivity index (χ1v) is 6.31. The Kier molecular flexibility index (Phi) is 5.13. The molecule has 1 aromatic rings. The number of pyridine rings is 1. The molecule has 0 atom stereocenters. The van der Waals surface area contributed by atoms with Crippen LogP contribution in [-0.2, 0) is 4.79 Å². The van der Waals surface area contributed by atoms with Gasteiger partial charge in [0.2, 0.25) is 5.91 Å². The van der Waals surface area contributed by atoms with Gasteiger partial charge < -0.3 is 10.6 Å². The van der Waals surface area contributed by atoms with E-state index in [9.17, 15) is 4.79 Å². The fourth-order valence-corrected chi connectivity index (χ4v) is 1.40. The summed E-state index contributed by atoms with van der Waals surface area (Å²) in [7, 11) is 0. The van der Waals surface area contributed by atoms with Crippen molar-refractivity contribution >= 4 is 23.3 Å². The van der Waals surface area contributed by atoms with Crippen LogP contribution in [0, 0.1) is 16.7 Å². The minimum atomic E-state index is -0.396. The number of carbonyl (C=O) groups excluding carboxylic acids is 1. The summed E-state index contributed by atoms with van der Waals surface area (Å²) in [4.78, 5) is 15.6. The van der Waals surface area contributed by atoms with E-state index in [0.717, 1.165) is 0 Å². The number of nitrogens with zero attached hydrogens (tertiary/aromatic N) is 2. The second-order valence-electron chi connectivity index (χ2n) is 5.07. The van der Waals surface area contributed by atoms with Gasteiger partial charge >= 0.3 is 0 Å². The maximum atomic E-state index is 11.6. The lowest BCUT2D eigenvalue weighted by Crippen LogP contribution is -2.37. The third-order valence-electron chi connectivity index (χ3n) is 2.35. The van der Waals surface area contributed by atoms with Crippen LogP contribution in [0.5, 0.6) is 0 Å². The van der Waals surface area contributed by atoms with Crippen molar-refractivity contribution in [1.82, 2.24) is 10.3 Å². The van der Waals surface area contributed by atoms with Crippen LogP contribution in [0.4, 0.5) is 5.82 Å². The molecule has 0 spiro atoms. The summed E-state index contributed by atoms with van der Waals surface area (Å²) < 4.78 is 0. The van der Waals surface area contributed by atoms with Crippen molar-refractivity contribution in [3.8, 4) is 6.07 Å². The van der Waals surface area contributed by atoms with Crippen LogP contribution in [0.3, 0.4) is 0 Å². The zero-order chi connectivity index (χ0) is 14.5. The maximum Gasteiger partial charge on any atom is 0.225 e. The molecule has 102 valence electrons. The number of carbonyl (C=O) groups is 1. The first-order valence-electron chi connectivity index (χ1n) is 5.93. The molecule has 2 N–H and O–H groups in total. The molecule has 19 heavy (non-hydrogen) atoms. The van der Waals surface area contributed by atoms with Crippen LogP contribution < -0.4 is 10.6 Å². The predicted octanol–water partition coefficient (Wildman–Crippen LogP) is 2.18. The van der Waals surface area contributed by atoms with Crippen molar-refractivity contribution in [2.75, 3.05) is 18.4 Å². The summed E-state index contributed by atoms with van der Waals surface area (Å²) in [5.41, 5.74) is -0.211. The molecule has 1 rings (SSSR count). The summed E-state index contributed by atoms with van der Waals surface area (Å²) in [6.07, 6.45) is 0. The molecule has 0 radical (unpaired) electrons. The van der Waals surface area contributed by atoms with Crippen molar-refractivity contribution in [2.24, 2.45) is 5.41 Å². The van der Waals surface area contributed by atoms with E-state index < -0.39 is 5.41 Å². The molecule has 0 bridgehead atoms. The van der Waals surface area contributed by atoms with Gasteiger partial charge in [-0.1, -0.05) is 32.4 Å². The SMILES string of the molecule is CC(C)(C)C(=O)NCCNc1ccc(Cl)c(C#N)n1. The average Bonchev–Trinajstić information content (AvgIpc) is 2.35. The molecule has 1 aromatic heterocycles. The van der Waals surface area contributed by atoms with Gasteiger partial charge in [-0.3, -0.25) is 4.79 Å². The van der Waals surface area contributed by atoms with Crippen LogP contribution in [-0.4, -0.2) is 24.0 Å². The van der Waals surface area contributed by atoms with Crippen LogP contribution in [0.2, 0.25) is 5.02 Å². The predicted molar refractivity (Wildman–Crippen MR) is 74.9 cm³/mol. The minimum Gasteiger partial charge on any atom is -0.368 e. The summed E-state index contributed by atoms with van der Waals surface area (Å²) in [5, 5.41) is 15.0. The zero-order valence-electron chi connectivity index (χ0n) is 11.2. The van der Waals surface area contributed by atoms with Crippen molar-refractivity contribution in [1.29, 1.82) is 5.26 Å². The monoisotopic (exact) mass is 280 g/mol. The fraction of sp³-hybridized carbons (Fsp3) is 0.462. The number of nitrogens with one attached hydrogen (secondary N) is 2. The second-order valence-corrected chi connectivity index (χ2v) is 5.48. The number of aromatic nitrogens is 1. The molecule has 1 heterocycles. The van der Waals surface area contributed by atoms with Crippen LogP contribution in [0.15, 0.2) is 12.1 Å². The summed E-state index contributed by atoms with van der Waals surface area (Å²) in [6.45, 7) is 6.59. The van der Waals surface area contributed by atoms with E-state index in [2.05, 4.69) is 15.6 Å². The Bertz CT molecular complexity index is 502. The van der Waals surface area contributed by atoms with Gasteiger partial charge in [0.15, 0.2) is 5.69 Å². The van der Waals surface area contributed by atoms with E-state index in [1.807, 2.05) is 26.8 Å². The van der Waals surface area contributed by atoms with Gasteiger partial charge in [0.25, 0.3) is 0 Å². The van der Waals surface area contributed by atoms with Gasteiger partial charge in [-0.25, -0.2) is 4.98 Å². The molecule has 0 saturated carbocycles. The fourth-order valence-electron chi connectivity index (χ4n) is 1.25. The quantitative estimate of drug-likeness (QED) is 0.829. The Morgan fingerprint density at radius 1 is 1.42 bits per heavy atom. The Hall–Kier alpha value is -1.80. The smallest absolute Gasteiger partial charge is 0.225 e. The van der Waals surface area contributed by atoms with Gasteiger partial charge in [0.1, 0.15) is 11.9 Å². The molecule has 0 aliphatic carbocycles. The number of hydrogen-bond acceptors (Lipinski definition) is 4. The van der Waals surface area contributed by atoms with E-state index in [1.165, 1.54) is 0 Å². The standard InChI is InChI=1S/C13H17ClN4O/c1-13(2,3)12(19)17-7-6-16-11-5-4-9(14)10(8-15)18-11/h4-5H,6-7H2,1-3H3,(H,16,18)(H,17,19). The van der Waals surface area contributed by atoms with Crippen LogP contribution in [0.25, 0.3) is 0 Å². The molecular weight excluding hydrogens is 264 g/mol. The third kappa shape index (κ3) is 4.76. The van der Waals surface area contributed by atoms with E-state index in [0.29, 0.717) is 23.9 Å². The van der Waals surface area contributed by atoms with Crippen LogP contribution in [0.1, 0.15) is 26.5 Å². The summed E-state index contributed by atoms with van der Waals surface area (Å²) in [6, 6.07) is 5.21. The number of rotatable bonds is 4. The Morgan fingerprint density at radius 2 is 2.11 bits per heavy atom. The second kappa shape index (κ2) is 6.39. The van der Waals surface area contributed by atoms with Crippen molar-refractivity contribution in [3.63, 3.8) is 0 Å². The Balaban J connectivity index is 2.43.